The first-order valence-corrected chi connectivity index (χ1v) is 12.7. The monoisotopic (exact) mass is 437 g/mol. The third-order valence-corrected chi connectivity index (χ3v) is 6.24. The summed E-state index contributed by atoms with van der Waals surface area (Å²) >= 11 is 0. The maximum absolute atomic E-state index is 11.6. The van der Waals surface area contributed by atoms with Gasteiger partial charge in [-0.3, -0.25) is 9.97 Å². The Balaban J connectivity index is 1.27. The highest BCUT2D eigenvalue weighted by Gasteiger charge is 2.20. The molecule has 2 heterocycles. The number of hydrogen-bond donors (Lipinski definition) is 2. The van der Waals surface area contributed by atoms with Crippen LogP contribution < -0.4 is 17.1 Å². The van der Waals surface area contributed by atoms with Crippen LogP contribution >= 0.6 is 0 Å². The Hall–Kier alpha value is -1.63. The average Bonchev–Trinajstić information content (AvgIpc) is 3.55. The molecule has 1 atom stereocenters. The van der Waals surface area contributed by atoms with E-state index in [-0.39, 0.29) is 0 Å². The number of H-pyrrole nitrogens is 2. The van der Waals surface area contributed by atoms with Gasteiger partial charge in [-0.05, 0) is 12.8 Å². The second kappa shape index (κ2) is 16.1. The van der Waals surface area contributed by atoms with Crippen molar-refractivity contribution in [2.75, 3.05) is 6.61 Å². The molecule has 1 saturated heterocycles. The molecule has 0 amide bonds. The van der Waals surface area contributed by atoms with Gasteiger partial charge in [-0.15, -0.1) is 0 Å². The lowest BCUT2D eigenvalue weighted by Gasteiger charge is -2.04. The summed E-state index contributed by atoms with van der Waals surface area (Å²) in [5.41, 5.74) is -1.99. The number of nitrogens with one attached hydrogen (secondary N) is 2. The van der Waals surface area contributed by atoms with Gasteiger partial charge in [0, 0.05) is 6.54 Å². The van der Waals surface area contributed by atoms with Crippen molar-refractivity contribution >= 4 is 0 Å². The van der Waals surface area contributed by atoms with Crippen LogP contribution in [0.25, 0.3) is 0 Å². The summed E-state index contributed by atoms with van der Waals surface area (Å²) in [4.78, 5) is 38.3. The lowest BCUT2D eigenvalue weighted by Crippen LogP contribution is -2.43. The number of nitrogens with zero attached hydrogens (tertiary/aromatic N) is 1. The molecular formula is C24H43N3O4. The third kappa shape index (κ3) is 12.7. The molecule has 2 N–H and O–H groups in total. The first-order chi connectivity index (χ1) is 15.2. The topological polar surface area (TPSA) is 100 Å². The maximum atomic E-state index is 11.6. The SMILES string of the molecule is O=c1[nH]c(=O)n(CCCCCCCCCCCCCCCCCCCC2CO2)c(=O)[nH]1. The van der Waals surface area contributed by atoms with Crippen LogP contribution in [0.5, 0.6) is 0 Å². The fourth-order valence-electron chi connectivity index (χ4n) is 4.18. The summed E-state index contributed by atoms with van der Waals surface area (Å²) in [6, 6.07) is 0. The van der Waals surface area contributed by atoms with Crippen molar-refractivity contribution in [1.82, 2.24) is 14.5 Å². The molecule has 7 heteroatoms. The molecule has 2 rings (SSSR count). The van der Waals surface area contributed by atoms with Crippen LogP contribution in [0.2, 0.25) is 0 Å². The molecule has 178 valence electrons. The van der Waals surface area contributed by atoms with Crippen molar-refractivity contribution in [1.29, 1.82) is 0 Å². The molecule has 0 radical (unpaired) electrons. The molecule has 0 bridgehead atoms. The van der Waals surface area contributed by atoms with Crippen LogP contribution in [-0.2, 0) is 11.3 Å². The van der Waals surface area contributed by atoms with E-state index in [0.717, 1.165) is 30.4 Å². The zero-order valence-electron chi connectivity index (χ0n) is 19.3. The second-order valence-electron chi connectivity index (χ2n) is 9.10. The summed E-state index contributed by atoms with van der Waals surface area (Å²) in [6.07, 6.45) is 23.8. The lowest BCUT2D eigenvalue weighted by atomic mass is 10.0. The predicted molar refractivity (Wildman–Crippen MR) is 125 cm³/mol. The number of aromatic amines is 2. The van der Waals surface area contributed by atoms with Gasteiger partial charge < -0.3 is 4.74 Å². The quantitative estimate of drug-likeness (QED) is 0.229. The second-order valence-corrected chi connectivity index (χ2v) is 9.10. The van der Waals surface area contributed by atoms with Crippen LogP contribution in [0.15, 0.2) is 14.4 Å². The molecule has 0 aliphatic carbocycles. The van der Waals surface area contributed by atoms with E-state index < -0.39 is 17.1 Å². The molecule has 0 spiro atoms. The van der Waals surface area contributed by atoms with Crippen LogP contribution in [0.1, 0.15) is 116 Å². The van der Waals surface area contributed by atoms with Crippen LogP contribution in [-0.4, -0.2) is 27.2 Å². The van der Waals surface area contributed by atoms with E-state index in [2.05, 4.69) is 9.97 Å². The van der Waals surface area contributed by atoms with Gasteiger partial charge in [0.2, 0.25) is 0 Å². The van der Waals surface area contributed by atoms with Crippen molar-refractivity contribution in [3.8, 4) is 0 Å². The molecule has 7 nitrogen and oxygen atoms in total. The zero-order valence-corrected chi connectivity index (χ0v) is 19.3. The summed E-state index contributed by atoms with van der Waals surface area (Å²) in [6.45, 7) is 1.37. The van der Waals surface area contributed by atoms with Gasteiger partial charge in [0.15, 0.2) is 0 Å². The van der Waals surface area contributed by atoms with E-state index in [4.69, 9.17) is 4.74 Å². The van der Waals surface area contributed by atoms with Crippen LogP contribution in [0.4, 0.5) is 0 Å². The molecular weight excluding hydrogens is 394 g/mol. The summed E-state index contributed by atoms with van der Waals surface area (Å²) < 4.78 is 6.30. The van der Waals surface area contributed by atoms with E-state index in [1.54, 1.807) is 0 Å². The van der Waals surface area contributed by atoms with Crippen molar-refractivity contribution in [2.45, 2.75) is 128 Å². The average molecular weight is 438 g/mol. The van der Waals surface area contributed by atoms with Crippen molar-refractivity contribution < 1.29 is 4.74 Å². The van der Waals surface area contributed by atoms with E-state index in [1.165, 1.54) is 96.3 Å². The highest BCUT2D eigenvalue weighted by atomic mass is 16.6. The minimum atomic E-state index is -0.743. The largest absolute Gasteiger partial charge is 0.373 e. The van der Waals surface area contributed by atoms with Gasteiger partial charge in [-0.1, -0.05) is 103 Å². The molecule has 1 fully saturated rings. The van der Waals surface area contributed by atoms with E-state index in [9.17, 15) is 14.4 Å². The summed E-state index contributed by atoms with van der Waals surface area (Å²) in [5, 5.41) is 0. The molecule has 1 aliphatic rings. The Kier molecular flexibility index (Phi) is 13.3. The predicted octanol–water partition coefficient (Wildman–Crippen LogP) is 4.65. The Morgan fingerprint density at radius 3 is 1.35 bits per heavy atom. The Morgan fingerprint density at radius 1 is 0.613 bits per heavy atom. The van der Waals surface area contributed by atoms with Gasteiger partial charge in [0.1, 0.15) is 0 Å². The number of hydrogen-bond acceptors (Lipinski definition) is 4. The first kappa shape index (κ1) is 25.6. The van der Waals surface area contributed by atoms with E-state index in [1.807, 2.05) is 0 Å². The fourth-order valence-corrected chi connectivity index (χ4v) is 4.18. The smallest absolute Gasteiger partial charge is 0.333 e. The molecule has 0 saturated carbocycles. The highest BCUT2D eigenvalue weighted by molar-refractivity contribution is 4.69. The minimum absolute atomic E-state index is 0.362. The van der Waals surface area contributed by atoms with Gasteiger partial charge in [0.05, 0.1) is 12.7 Å². The van der Waals surface area contributed by atoms with E-state index >= 15 is 0 Å². The van der Waals surface area contributed by atoms with Crippen molar-refractivity contribution in [2.24, 2.45) is 0 Å². The highest BCUT2D eigenvalue weighted by Crippen LogP contribution is 2.18. The number of ether oxygens (including phenoxy) is 1. The Morgan fingerprint density at radius 2 is 0.968 bits per heavy atom. The molecule has 1 aromatic rings. The minimum Gasteiger partial charge on any atom is -0.373 e. The van der Waals surface area contributed by atoms with Gasteiger partial charge in [-0.2, -0.15) is 0 Å². The molecule has 0 aromatic carbocycles. The fraction of sp³-hybridized carbons (Fsp3) is 0.875. The van der Waals surface area contributed by atoms with E-state index in [0.29, 0.717) is 12.6 Å². The van der Waals surface area contributed by atoms with Gasteiger partial charge in [0.25, 0.3) is 0 Å². The molecule has 1 unspecified atom stereocenters. The number of unbranched alkanes of at least 4 members (excludes halogenated alkanes) is 16. The standard InChI is InChI=1S/C24H43N3O4/c28-22-25-23(29)27(24(30)26-22)19-17-15-13-11-9-7-5-3-1-2-4-6-8-10-12-14-16-18-21-20-31-21/h21H,1-20H2,(H2,25,26,28,29,30). The van der Waals surface area contributed by atoms with Gasteiger partial charge >= 0.3 is 17.1 Å². The normalized spacial score (nSPS) is 15.4. The number of rotatable bonds is 20. The summed E-state index contributed by atoms with van der Waals surface area (Å²) in [7, 11) is 0. The van der Waals surface area contributed by atoms with Crippen LogP contribution in [0.3, 0.4) is 0 Å². The van der Waals surface area contributed by atoms with Crippen molar-refractivity contribution in [3.63, 3.8) is 0 Å². The molecule has 1 aliphatic heterocycles. The van der Waals surface area contributed by atoms with Crippen molar-refractivity contribution in [3.05, 3.63) is 31.5 Å². The third-order valence-electron chi connectivity index (χ3n) is 6.24. The molecule has 1 aromatic heterocycles. The Labute approximate surface area is 186 Å². The lowest BCUT2D eigenvalue weighted by molar-refractivity contribution is 0.387. The number of epoxide rings is 1. The first-order valence-electron chi connectivity index (χ1n) is 12.7. The van der Waals surface area contributed by atoms with Crippen LogP contribution in [0, 0.1) is 0 Å². The van der Waals surface area contributed by atoms with Gasteiger partial charge in [-0.25, -0.2) is 19.0 Å². The zero-order chi connectivity index (χ0) is 22.2. The maximum Gasteiger partial charge on any atom is 0.333 e. The molecule has 31 heavy (non-hydrogen) atoms. The Bertz CT molecular complexity index is 714. The number of aromatic nitrogens is 3. The summed E-state index contributed by atoms with van der Waals surface area (Å²) in [5.74, 6) is 0.